The molecular weight excluding hydrogens is 619 g/mol. The SMILES string of the molecule is C=C(C)C1CCC2(C(=O)O)CCC3(C)C(CCC4C5(C)CC(=Cc6cccc(I)c6)C(=O)C(C)(C)C5CCC43C)C12. The third-order valence-corrected chi connectivity index (χ3v) is 14.9. The van der Waals surface area contributed by atoms with Crippen LogP contribution in [0.25, 0.3) is 6.08 Å². The van der Waals surface area contributed by atoms with Crippen molar-refractivity contribution in [1.82, 2.24) is 0 Å². The van der Waals surface area contributed by atoms with Gasteiger partial charge in [-0.15, -0.1) is 0 Å². The van der Waals surface area contributed by atoms with Gasteiger partial charge in [0.25, 0.3) is 0 Å². The average molecular weight is 669 g/mol. The molecule has 222 valence electrons. The molecule has 9 unspecified atom stereocenters. The summed E-state index contributed by atoms with van der Waals surface area (Å²) in [5.74, 6) is 1.58. The van der Waals surface area contributed by atoms with Crippen molar-refractivity contribution in [1.29, 1.82) is 0 Å². The molecule has 0 bridgehead atoms. The number of rotatable bonds is 3. The second-order valence-corrected chi connectivity index (χ2v) is 17.3. The second-order valence-electron chi connectivity index (χ2n) is 16.1. The number of ketones is 1. The van der Waals surface area contributed by atoms with Crippen LogP contribution in [0, 0.1) is 60.2 Å². The summed E-state index contributed by atoms with van der Waals surface area (Å²) in [5.41, 5.74) is 2.59. The molecule has 4 heteroatoms. The standard InChI is InChI=1S/C37H49IO3/c1-22(2)26-13-16-37(32(40)41)18-17-35(6)27(30(26)37)11-12-29-34(5)21-24(19-23-9-8-10-25(38)20-23)31(39)33(3,4)28(34)14-15-36(29,35)7/h8-10,19-20,26-30H,1,11-18,21H2,2-7H3,(H,40,41). The van der Waals surface area contributed by atoms with Crippen molar-refractivity contribution in [3.63, 3.8) is 0 Å². The Labute approximate surface area is 261 Å². The highest BCUT2D eigenvalue weighted by atomic mass is 127. The Morgan fingerprint density at radius 2 is 1.71 bits per heavy atom. The normalized spacial score (nSPS) is 45.8. The summed E-state index contributed by atoms with van der Waals surface area (Å²) in [6.45, 7) is 18.6. The van der Waals surface area contributed by atoms with E-state index >= 15 is 0 Å². The molecule has 5 fully saturated rings. The molecule has 1 aromatic carbocycles. The van der Waals surface area contributed by atoms with Crippen LogP contribution in [-0.4, -0.2) is 16.9 Å². The van der Waals surface area contributed by atoms with Crippen molar-refractivity contribution in [2.75, 3.05) is 0 Å². The first kappa shape index (κ1) is 29.6. The summed E-state index contributed by atoms with van der Waals surface area (Å²) in [7, 11) is 0. The summed E-state index contributed by atoms with van der Waals surface area (Å²) in [4.78, 5) is 27.0. The number of carbonyl (C=O) groups is 2. The minimum atomic E-state index is -0.583. The average Bonchev–Trinajstić information content (AvgIpc) is 3.29. The van der Waals surface area contributed by atoms with E-state index in [1.54, 1.807) is 0 Å². The van der Waals surface area contributed by atoms with E-state index in [4.69, 9.17) is 0 Å². The number of halogens is 1. The molecule has 0 spiro atoms. The number of carbonyl (C=O) groups excluding carboxylic acids is 1. The molecule has 1 aromatic rings. The van der Waals surface area contributed by atoms with Crippen LogP contribution in [0.4, 0.5) is 0 Å². The summed E-state index contributed by atoms with van der Waals surface area (Å²) < 4.78 is 1.19. The number of carboxylic acids is 1. The zero-order chi connectivity index (χ0) is 29.8. The molecule has 5 saturated carbocycles. The van der Waals surface area contributed by atoms with Crippen LogP contribution in [0.3, 0.4) is 0 Å². The fourth-order valence-corrected chi connectivity index (χ4v) is 12.9. The Balaban J connectivity index is 1.42. The van der Waals surface area contributed by atoms with Crippen molar-refractivity contribution in [2.45, 2.75) is 99.3 Å². The first-order valence-electron chi connectivity index (χ1n) is 16.0. The number of Topliss-reactive ketones (excluding diaryl/α,β-unsaturated/α-hetero) is 1. The van der Waals surface area contributed by atoms with E-state index in [0.717, 1.165) is 68.9 Å². The molecule has 6 rings (SSSR count). The predicted molar refractivity (Wildman–Crippen MR) is 174 cm³/mol. The first-order valence-corrected chi connectivity index (χ1v) is 17.1. The van der Waals surface area contributed by atoms with Gasteiger partial charge >= 0.3 is 5.97 Å². The number of benzene rings is 1. The number of carboxylic acid groups (broad SMARTS) is 1. The van der Waals surface area contributed by atoms with Crippen LogP contribution in [0.5, 0.6) is 0 Å². The van der Waals surface area contributed by atoms with Crippen molar-refractivity contribution < 1.29 is 14.7 Å². The van der Waals surface area contributed by atoms with E-state index < -0.39 is 11.4 Å². The van der Waals surface area contributed by atoms with Gasteiger partial charge in [-0.25, -0.2) is 0 Å². The molecule has 0 saturated heterocycles. The van der Waals surface area contributed by atoms with Crippen molar-refractivity contribution in [3.05, 3.63) is 51.1 Å². The topological polar surface area (TPSA) is 54.4 Å². The van der Waals surface area contributed by atoms with Gasteiger partial charge in [0, 0.05) is 8.99 Å². The molecule has 0 aromatic heterocycles. The number of aliphatic carboxylic acids is 1. The lowest BCUT2D eigenvalue weighted by Crippen LogP contribution is -2.67. The molecule has 1 N–H and O–H groups in total. The van der Waals surface area contributed by atoms with Gasteiger partial charge in [0.05, 0.1) is 5.41 Å². The van der Waals surface area contributed by atoms with E-state index in [0.29, 0.717) is 29.5 Å². The van der Waals surface area contributed by atoms with Gasteiger partial charge in [-0.2, -0.15) is 0 Å². The van der Waals surface area contributed by atoms with Gasteiger partial charge < -0.3 is 5.11 Å². The minimum absolute atomic E-state index is 0.0386. The molecule has 41 heavy (non-hydrogen) atoms. The van der Waals surface area contributed by atoms with Gasteiger partial charge in [-0.3, -0.25) is 9.59 Å². The summed E-state index contributed by atoms with van der Waals surface area (Å²) in [6, 6.07) is 8.48. The Bertz CT molecular complexity index is 1340. The second kappa shape index (κ2) is 9.53. The lowest BCUT2D eigenvalue weighted by atomic mass is 9.32. The van der Waals surface area contributed by atoms with E-state index in [-0.39, 0.29) is 27.6 Å². The van der Waals surface area contributed by atoms with Crippen LogP contribution in [0.15, 0.2) is 42.0 Å². The van der Waals surface area contributed by atoms with Crippen LogP contribution < -0.4 is 0 Å². The first-order chi connectivity index (χ1) is 19.1. The third kappa shape index (κ3) is 3.93. The molecule has 0 aliphatic heterocycles. The largest absolute Gasteiger partial charge is 0.481 e. The molecule has 3 nitrogen and oxygen atoms in total. The molecule has 5 aliphatic carbocycles. The van der Waals surface area contributed by atoms with Gasteiger partial charge in [0.1, 0.15) is 0 Å². The van der Waals surface area contributed by atoms with Crippen LogP contribution in [-0.2, 0) is 9.59 Å². The summed E-state index contributed by atoms with van der Waals surface area (Å²) in [6.07, 6.45) is 11.1. The fraction of sp³-hybridized carbons (Fsp3) is 0.676. The maximum Gasteiger partial charge on any atom is 0.309 e. The molecule has 5 aliphatic rings. The molecular formula is C37H49IO3. The molecule has 9 atom stereocenters. The quantitative estimate of drug-likeness (QED) is 0.198. The number of allylic oxidation sites excluding steroid dienone is 2. The van der Waals surface area contributed by atoms with Crippen LogP contribution >= 0.6 is 22.6 Å². The summed E-state index contributed by atoms with van der Waals surface area (Å²) >= 11 is 2.35. The smallest absolute Gasteiger partial charge is 0.309 e. The van der Waals surface area contributed by atoms with E-state index in [2.05, 4.69) is 101 Å². The Morgan fingerprint density at radius 3 is 2.37 bits per heavy atom. The van der Waals surface area contributed by atoms with Gasteiger partial charge in [0.15, 0.2) is 5.78 Å². The number of hydrogen-bond donors (Lipinski definition) is 1. The number of hydrogen-bond acceptors (Lipinski definition) is 2. The molecule has 0 radical (unpaired) electrons. The monoisotopic (exact) mass is 668 g/mol. The van der Waals surface area contributed by atoms with Gasteiger partial charge in [-0.1, -0.05) is 58.9 Å². The Morgan fingerprint density at radius 1 is 0.976 bits per heavy atom. The van der Waals surface area contributed by atoms with Gasteiger partial charge in [-0.05, 0) is 162 Å². The number of fused-ring (bicyclic) bond motifs is 7. The lowest BCUT2D eigenvalue weighted by molar-refractivity contribution is -0.231. The zero-order valence-corrected chi connectivity index (χ0v) is 28.1. The van der Waals surface area contributed by atoms with Crippen LogP contribution in [0.1, 0.15) is 105 Å². The Hall–Kier alpha value is -1.43. The highest BCUT2D eigenvalue weighted by Gasteiger charge is 2.72. The minimum Gasteiger partial charge on any atom is -0.481 e. The van der Waals surface area contributed by atoms with Crippen molar-refractivity contribution >= 4 is 40.4 Å². The highest BCUT2D eigenvalue weighted by Crippen LogP contribution is 2.77. The maximum atomic E-state index is 14.1. The Kier molecular flexibility index (Phi) is 6.89. The van der Waals surface area contributed by atoms with E-state index in [1.807, 2.05) is 0 Å². The lowest BCUT2D eigenvalue weighted by Gasteiger charge is -2.72. The van der Waals surface area contributed by atoms with E-state index in [9.17, 15) is 14.7 Å². The molecule has 0 heterocycles. The van der Waals surface area contributed by atoms with Crippen molar-refractivity contribution in [3.8, 4) is 0 Å². The summed E-state index contributed by atoms with van der Waals surface area (Å²) in [5, 5.41) is 10.6. The third-order valence-electron chi connectivity index (χ3n) is 14.3. The highest BCUT2D eigenvalue weighted by molar-refractivity contribution is 14.1. The van der Waals surface area contributed by atoms with E-state index in [1.165, 1.54) is 9.14 Å². The maximum absolute atomic E-state index is 14.1. The van der Waals surface area contributed by atoms with Crippen molar-refractivity contribution in [2.24, 2.45) is 56.7 Å². The van der Waals surface area contributed by atoms with Crippen LogP contribution in [0.2, 0.25) is 0 Å². The molecule has 0 amide bonds. The fourth-order valence-electron chi connectivity index (χ4n) is 12.3. The zero-order valence-electron chi connectivity index (χ0n) is 26.0. The predicted octanol–water partition coefficient (Wildman–Crippen LogP) is 9.60. The van der Waals surface area contributed by atoms with Gasteiger partial charge in [0.2, 0.25) is 0 Å².